The zero-order valence-corrected chi connectivity index (χ0v) is 11.1. The molecule has 19 heavy (non-hydrogen) atoms. The number of hydrogen-bond acceptors (Lipinski definition) is 3. The molecule has 0 N–H and O–H groups in total. The number of benzene rings is 1. The maximum atomic E-state index is 13.2. The fourth-order valence-corrected chi connectivity index (χ4v) is 2.51. The van der Waals surface area contributed by atoms with Gasteiger partial charge in [0.2, 0.25) is 0 Å². The highest BCUT2D eigenvalue weighted by molar-refractivity contribution is 5.78. The van der Waals surface area contributed by atoms with E-state index in [1.807, 2.05) is 0 Å². The van der Waals surface area contributed by atoms with Crippen LogP contribution in [0.1, 0.15) is 19.3 Å². The molecule has 0 heterocycles. The average molecular weight is 269 g/mol. The average Bonchev–Trinajstić information content (AvgIpc) is 2.35. The molecule has 0 spiro atoms. The predicted octanol–water partition coefficient (Wildman–Crippen LogP) is 2.74. The van der Waals surface area contributed by atoms with E-state index in [9.17, 15) is 13.6 Å². The summed E-state index contributed by atoms with van der Waals surface area (Å²) in [6, 6.07) is 3.73. The van der Waals surface area contributed by atoms with Gasteiger partial charge in [-0.2, -0.15) is 0 Å². The number of methoxy groups -OCH3 is 1. The lowest BCUT2D eigenvalue weighted by Gasteiger charge is -2.42. The summed E-state index contributed by atoms with van der Waals surface area (Å²) in [7, 11) is 3.13. The van der Waals surface area contributed by atoms with Crippen molar-refractivity contribution in [1.29, 1.82) is 0 Å². The second kappa shape index (κ2) is 5.15. The van der Waals surface area contributed by atoms with E-state index in [1.54, 1.807) is 11.9 Å². The molecule has 3 nitrogen and oxygen atoms in total. The van der Waals surface area contributed by atoms with Gasteiger partial charge in [0, 0.05) is 25.3 Å². The Morgan fingerprint density at radius 1 is 1.37 bits per heavy atom. The number of ether oxygens (including phenoxy) is 1. The summed E-state index contributed by atoms with van der Waals surface area (Å²) in [6.07, 6.45) is 2.53. The van der Waals surface area contributed by atoms with Crippen molar-refractivity contribution >= 4 is 11.7 Å². The Balaban J connectivity index is 2.13. The van der Waals surface area contributed by atoms with Crippen LogP contribution in [-0.4, -0.2) is 26.7 Å². The van der Waals surface area contributed by atoms with Crippen LogP contribution in [0.15, 0.2) is 18.2 Å². The third-order valence-corrected chi connectivity index (χ3v) is 3.81. The minimum Gasteiger partial charge on any atom is -0.469 e. The van der Waals surface area contributed by atoms with Crippen LogP contribution in [0, 0.1) is 17.0 Å². The standard InChI is InChI=1S/C14H17F2NO2/c1-17(10-4-5-11(15)12(16)8-10)9-14(6-3-7-14)13(18)19-2/h4-5,8H,3,6-7,9H2,1-2H3. The van der Waals surface area contributed by atoms with E-state index in [0.29, 0.717) is 12.2 Å². The molecule has 2 rings (SSSR count). The molecule has 0 atom stereocenters. The summed E-state index contributed by atoms with van der Waals surface area (Å²) < 4.78 is 30.9. The third-order valence-electron chi connectivity index (χ3n) is 3.81. The van der Waals surface area contributed by atoms with E-state index < -0.39 is 17.0 Å². The van der Waals surface area contributed by atoms with Crippen LogP contribution in [0.2, 0.25) is 0 Å². The minimum absolute atomic E-state index is 0.229. The Hall–Kier alpha value is -1.65. The minimum atomic E-state index is -0.884. The van der Waals surface area contributed by atoms with Crippen molar-refractivity contribution < 1.29 is 18.3 Å². The molecule has 0 unspecified atom stereocenters. The van der Waals surface area contributed by atoms with Crippen LogP contribution in [0.5, 0.6) is 0 Å². The smallest absolute Gasteiger partial charge is 0.313 e. The number of rotatable bonds is 4. The summed E-state index contributed by atoms with van der Waals surface area (Å²) in [4.78, 5) is 13.6. The highest BCUT2D eigenvalue weighted by Crippen LogP contribution is 2.43. The van der Waals surface area contributed by atoms with E-state index in [1.165, 1.54) is 13.2 Å². The summed E-state index contributed by atoms with van der Waals surface area (Å²) in [5.41, 5.74) is 0.0445. The molecule has 1 aliphatic rings. The number of nitrogens with zero attached hydrogens (tertiary/aromatic N) is 1. The van der Waals surface area contributed by atoms with E-state index in [4.69, 9.17) is 4.74 Å². The van der Waals surface area contributed by atoms with Gasteiger partial charge in [0.15, 0.2) is 11.6 Å². The van der Waals surface area contributed by atoms with Gasteiger partial charge in [0.05, 0.1) is 12.5 Å². The van der Waals surface area contributed by atoms with Gasteiger partial charge >= 0.3 is 5.97 Å². The van der Waals surface area contributed by atoms with Crippen LogP contribution in [0.3, 0.4) is 0 Å². The highest BCUT2D eigenvalue weighted by Gasteiger charge is 2.46. The molecule has 5 heteroatoms. The molecule has 1 aromatic rings. The topological polar surface area (TPSA) is 29.5 Å². The van der Waals surface area contributed by atoms with Gasteiger partial charge in [0.25, 0.3) is 0 Å². The Labute approximate surface area is 111 Å². The van der Waals surface area contributed by atoms with Crippen LogP contribution in [0.4, 0.5) is 14.5 Å². The predicted molar refractivity (Wildman–Crippen MR) is 67.9 cm³/mol. The van der Waals surface area contributed by atoms with Crippen molar-refractivity contribution in [1.82, 2.24) is 0 Å². The zero-order valence-electron chi connectivity index (χ0n) is 11.1. The number of carbonyl (C=O) groups is 1. The van der Waals surface area contributed by atoms with Crippen LogP contribution >= 0.6 is 0 Å². The van der Waals surface area contributed by atoms with Gasteiger partial charge in [-0.1, -0.05) is 6.42 Å². The Bertz CT molecular complexity index is 486. The van der Waals surface area contributed by atoms with Crippen LogP contribution in [0.25, 0.3) is 0 Å². The number of hydrogen-bond donors (Lipinski definition) is 0. The lowest BCUT2D eigenvalue weighted by atomic mass is 9.68. The Morgan fingerprint density at radius 3 is 2.53 bits per heavy atom. The molecule has 0 saturated heterocycles. The lowest BCUT2D eigenvalue weighted by Crippen LogP contribution is -2.47. The Kier molecular flexibility index (Phi) is 3.73. The van der Waals surface area contributed by atoms with E-state index >= 15 is 0 Å². The first-order valence-corrected chi connectivity index (χ1v) is 6.23. The van der Waals surface area contributed by atoms with Gasteiger partial charge in [-0.3, -0.25) is 4.79 Å². The first kappa shape index (κ1) is 13.8. The second-order valence-electron chi connectivity index (χ2n) is 5.08. The third kappa shape index (κ3) is 2.55. The van der Waals surface area contributed by atoms with Crippen molar-refractivity contribution in [3.8, 4) is 0 Å². The normalized spacial score (nSPS) is 16.6. The van der Waals surface area contributed by atoms with Crippen molar-refractivity contribution in [2.45, 2.75) is 19.3 Å². The number of anilines is 1. The van der Waals surface area contributed by atoms with Crippen molar-refractivity contribution in [2.75, 3.05) is 25.6 Å². The van der Waals surface area contributed by atoms with Crippen molar-refractivity contribution in [3.63, 3.8) is 0 Å². The second-order valence-corrected chi connectivity index (χ2v) is 5.08. The van der Waals surface area contributed by atoms with Crippen LogP contribution < -0.4 is 4.90 Å². The molecule has 0 aromatic heterocycles. The SMILES string of the molecule is COC(=O)C1(CN(C)c2ccc(F)c(F)c2)CCC1. The van der Waals surface area contributed by atoms with Crippen LogP contribution in [-0.2, 0) is 9.53 Å². The van der Waals surface area contributed by atoms with E-state index in [2.05, 4.69) is 0 Å². The summed E-state index contributed by atoms with van der Waals surface area (Å²) in [5, 5.41) is 0. The first-order valence-electron chi connectivity index (χ1n) is 6.23. The molecule has 0 aliphatic heterocycles. The summed E-state index contributed by atoms with van der Waals surface area (Å²) in [5.74, 6) is -1.98. The van der Waals surface area contributed by atoms with E-state index in [0.717, 1.165) is 31.4 Å². The zero-order chi connectivity index (χ0) is 14.0. The molecular formula is C14H17F2NO2. The fourth-order valence-electron chi connectivity index (χ4n) is 2.51. The van der Waals surface area contributed by atoms with Gasteiger partial charge in [-0.25, -0.2) is 8.78 Å². The van der Waals surface area contributed by atoms with Crippen molar-refractivity contribution in [2.24, 2.45) is 5.41 Å². The first-order chi connectivity index (χ1) is 8.98. The maximum Gasteiger partial charge on any atom is 0.313 e. The molecule has 1 fully saturated rings. The molecule has 0 radical (unpaired) electrons. The summed E-state index contributed by atoms with van der Waals surface area (Å²) in [6.45, 7) is 0.449. The maximum absolute atomic E-state index is 13.2. The molecule has 104 valence electrons. The molecule has 1 aromatic carbocycles. The fraction of sp³-hybridized carbons (Fsp3) is 0.500. The van der Waals surface area contributed by atoms with Crippen molar-refractivity contribution in [3.05, 3.63) is 29.8 Å². The van der Waals surface area contributed by atoms with Gasteiger partial charge in [0.1, 0.15) is 0 Å². The largest absolute Gasteiger partial charge is 0.469 e. The number of carbonyl (C=O) groups excluding carboxylic acids is 1. The molecule has 1 aliphatic carbocycles. The monoisotopic (exact) mass is 269 g/mol. The molecule has 0 bridgehead atoms. The van der Waals surface area contributed by atoms with E-state index in [-0.39, 0.29) is 5.97 Å². The quantitative estimate of drug-likeness (QED) is 0.787. The molecule has 0 amide bonds. The molecule has 1 saturated carbocycles. The lowest BCUT2D eigenvalue weighted by molar-refractivity contribution is -0.157. The van der Waals surface area contributed by atoms with Gasteiger partial charge in [-0.15, -0.1) is 0 Å². The van der Waals surface area contributed by atoms with Gasteiger partial charge in [-0.05, 0) is 25.0 Å². The number of halogens is 2. The molecular weight excluding hydrogens is 252 g/mol. The highest BCUT2D eigenvalue weighted by atomic mass is 19.2. The number of esters is 1. The summed E-state index contributed by atoms with van der Waals surface area (Å²) >= 11 is 0. The van der Waals surface area contributed by atoms with Gasteiger partial charge < -0.3 is 9.64 Å². The Morgan fingerprint density at radius 2 is 2.05 bits per heavy atom.